The molecule has 7 nitrogen and oxygen atoms in total. The molecule has 0 saturated heterocycles. The van der Waals surface area contributed by atoms with Crippen LogP contribution < -0.4 is 0 Å². The van der Waals surface area contributed by atoms with Gasteiger partial charge in [0.05, 0.1) is 28.7 Å². The minimum atomic E-state index is -0.496. The zero-order valence-electron chi connectivity index (χ0n) is 14.4. The van der Waals surface area contributed by atoms with Gasteiger partial charge in [-0.2, -0.15) is 5.26 Å². The summed E-state index contributed by atoms with van der Waals surface area (Å²) >= 11 is 0. The lowest BCUT2D eigenvalue weighted by molar-refractivity contribution is 0.0652. The number of benzene rings is 2. The molecule has 0 spiro atoms. The number of allylic oxidation sites excluding steroid dienone is 1. The molecule has 3 aromatic rings. The Hall–Kier alpha value is -3.92. The van der Waals surface area contributed by atoms with Crippen molar-refractivity contribution in [3.8, 4) is 6.07 Å². The molecule has 0 fully saturated rings. The summed E-state index contributed by atoms with van der Waals surface area (Å²) in [6.07, 6.45) is 0. The molecule has 2 amide bonds. The molecule has 1 aliphatic heterocycles. The zero-order valence-corrected chi connectivity index (χ0v) is 14.4. The maximum Gasteiger partial charge on any atom is 0.261 e. The number of imidazole rings is 1. The molecule has 2 aromatic carbocycles. The van der Waals surface area contributed by atoms with Gasteiger partial charge in [0, 0.05) is 7.05 Å². The second-order valence-electron chi connectivity index (χ2n) is 6.16. The number of rotatable bonds is 3. The molecule has 0 unspecified atom stereocenters. The Labute approximate surface area is 154 Å². The summed E-state index contributed by atoms with van der Waals surface area (Å²) in [5.41, 5.74) is 1.98. The van der Waals surface area contributed by atoms with Crippen molar-refractivity contribution in [2.45, 2.75) is 0 Å². The molecule has 0 bridgehead atoms. The Morgan fingerprint density at radius 3 is 2.26 bits per heavy atom. The van der Waals surface area contributed by atoms with Gasteiger partial charge in [-0.3, -0.25) is 14.5 Å². The predicted octanol–water partition coefficient (Wildman–Crippen LogP) is 2.66. The Balaban J connectivity index is 1.74. The van der Waals surface area contributed by atoms with Crippen molar-refractivity contribution in [3.63, 3.8) is 0 Å². The van der Waals surface area contributed by atoms with Crippen LogP contribution in [0.2, 0.25) is 0 Å². The SMILES string of the molecule is Cn1c(/C(C#N)=C(\O)CN2C(=O)c3ccccc3C2=O)nc2ccccc21. The summed E-state index contributed by atoms with van der Waals surface area (Å²) in [6.45, 7) is -0.390. The van der Waals surface area contributed by atoms with Crippen LogP contribution >= 0.6 is 0 Å². The second kappa shape index (κ2) is 6.11. The van der Waals surface area contributed by atoms with E-state index in [0.717, 1.165) is 10.4 Å². The zero-order chi connectivity index (χ0) is 19.1. The Morgan fingerprint density at radius 2 is 1.67 bits per heavy atom. The van der Waals surface area contributed by atoms with E-state index in [-0.39, 0.29) is 28.3 Å². The van der Waals surface area contributed by atoms with Gasteiger partial charge >= 0.3 is 0 Å². The average Bonchev–Trinajstić information content (AvgIpc) is 3.13. The molecule has 0 atom stereocenters. The summed E-state index contributed by atoms with van der Waals surface area (Å²) in [6, 6.07) is 15.7. The summed E-state index contributed by atoms with van der Waals surface area (Å²) in [4.78, 5) is 30.3. The first kappa shape index (κ1) is 16.5. The van der Waals surface area contributed by atoms with Crippen LogP contribution in [0.4, 0.5) is 0 Å². The highest BCUT2D eigenvalue weighted by Crippen LogP contribution is 2.26. The summed E-state index contributed by atoms with van der Waals surface area (Å²) < 4.78 is 1.69. The van der Waals surface area contributed by atoms with Crippen molar-refractivity contribution in [1.29, 1.82) is 5.26 Å². The number of imide groups is 1. The maximum atomic E-state index is 12.5. The van der Waals surface area contributed by atoms with Crippen molar-refractivity contribution >= 4 is 28.4 Å². The molecule has 2 heterocycles. The summed E-state index contributed by atoms with van der Waals surface area (Å²) in [5.74, 6) is -1.10. The predicted molar refractivity (Wildman–Crippen MR) is 97.7 cm³/mol. The van der Waals surface area contributed by atoms with Gasteiger partial charge in [-0.1, -0.05) is 24.3 Å². The maximum absolute atomic E-state index is 12.5. The average molecular weight is 358 g/mol. The molecule has 4 rings (SSSR count). The molecule has 0 radical (unpaired) electrons. The number of hydrogen-bond donors (Lipinski definition) is 1. The molecular weight excluding hydrogens is 344 g/mol. The number of aromatic nitrogens is 2. The summed E-state index contributed by atoms with van der Waals surface area (Å²) in [7, 11) is 1.73. The van der Waals surface area contributed by atoms with Crippen LogP contribution in [0.1, 0.15) is 26.5 Å². The molecular formula is C20H14N4O3. The Morgan fingerprint density at radius 1 is 1.07 bits per heavy atom. The smallest absolute Gasteiger partial charge is 0.261 e. The fourth-order valence-corrected chi connectivity index (χ4v) is 3.22. The fourth-order valence-electron chi connectivity index (χ4n) is 3.22. The fraction of sp³-hybridized carbons (Fsp3) is 0.100. The van der Waals surface area contributed by atoms with Crippen LogP contribution in [0.3, 0.4) is 0 Å². The highest BCUT2D eigenvalue weighted by Gasteiger charge is 2.36. The molecule has 132 valence electrons. The highest BCUT2D eigenvalue weighted by molar-refractivity contribution is 6.21. The lowest BCUT2D eigenvalue weighted by Crippen LogP contribution is -2.32. The van der Waals surface area contributed by atoms with Crippen LogP contribution in [0.5, 0.6) is 0 Å². The highest BCUT2D eigenvalue weighted by atomic mass is 16.3. The van der Waals surface area contributed by atoms with Gasteiger partial charge in [-0.05, 0) is 24.3 Å². The number of hydrogen-bond acceptors (Lipinski definition) is 5. The van der Waals surface area contributed by atoms with Crippen LogP contribution in [-0.2, 0) is 7.05 Å². The van der Waals surface area contributed by atoms with Crippen LogP contribution in [0.25, 0.3) is 16.6 Å². The van der Waals surface area contributed by atoms with Gasteiger partial charge in [0.1, 0.15) is 17.4 Å². The lowest BCUT2D eigenvalue weighted by Gasteiger charge is -2.14. The first-order valence-electron chi connectivity index (χ1n) is 8.22. The first-order valence-corrected chi connectivity index (χ1v) is 8.22. The van der Waals surface area contributed by atoms with E-state index in [1.54, 1.807) is 41.9 Å². The number of para-hydroxylation sites is 2. The van der Waals surface area contributed by atoms with Crippen LogP contribution in [0, 0.1) is 11.3 Å². The molecule has 1 aromatic heterocycles. The largest absolute Gasteiger partial charge is 0.509 e. The second-order valence-corrected chi connectivity index (χ2v) is 6.16. The topological polar surface area (TPSA) is 99.2 Å². The van der Waals surface area contributed by atoms with Crippen molar-refractivity contribution in [2.75, 3.05) is 6.54 Å². The van der Waals surface area contributed by atoms with Gasteiger partial charge in [-0.15, -0.1) is 0 Å². The first-order chi connectivity index (χ1) is 13.0. The molecule has 1 aliphatic rings. The van der Waals surface area contributed by atoms with E-state index in [2.05, 4.69) is 4.98 Å². The number of fused-ring (bicyclic) bond motifs is 2. The Bertz CT molecular complexity index is 1150. The number of carbonyl (C=O) groups excluding carboxylic acids is 2. The third-order valence-corrected chi connectivity index (χ3v) is 4.60. The van der Waals surface area contributed by atoms with E-state index >= 15 is 0 Å². The molecule has 7 heteroatoms. The lowest BCUT2D eigenvalue weighted by atomic mass is 10.1. The van der Waals surface area contributed by atoms with Crippen LogP contribution in [-0.4, -0.2) is 37.9 Å². The number of amides is 2. The van der Waals surface area contributed by atoms with E-state index < -0.39 is 18.4 Å². The molecule has 27 heavy (non-hydrogen) atoms. The van der Waals surface area contributed by atoms with Crippen molar-refractivity contribution in [1.82, 2.24) is 14.5 Å². The third kappa shape index (κ3) is 2.47. The van der Waals surface area contributed by atoms with Gasteiger partial charge in [0.2, 0.25) is 0 Å². The Kier molecular flexibility index (Phi) is 3.74. The number of nitriles is 1. The normalized spacial score (nSPS) is 14.3. The van der Waals surface area contributed by atoms with E-state index in [1.165, 1.54) is 0 Å². The van der Waals surface area contributed by atoms with Gasteiger partial charge < -0.3 is 9.67 Å². The van der Waals surface area contributed by atoms with E-state index in [1.807, 2.05) is 24.3 Å². The van der Waals surface area contributed by atoms with E-state index in [0.29, 0.717) is 5.52 Å². The standard InChI is InChI=1S/C20H14N4O3/c1-23-16-9-5-4-8-15(16)22-18(23)14(10-21)17(25)11-24-19(26)12-6-2-3-7-13(12)20(24)27/h2-9,25H,11H2,1H3/b17-14-. The van der Waals surface area contributed by atoms with Gasteiger partial charge in [0.15, 0.2) is 5.82 Å². The van der Waals surface area contributed by atoms with E-state index in [4.69, 9.17) is 0 Å². The summed E-state index contributed by atoms with van der Waals surface area (Å²) in [5, 5.41) is 20.1. The number of nitrogens with zero attached hydrogens (tertiary/aromatic N) is 4. The number of carbonyl (C=O) groups is 2. The quantitative estimate of drug-likeness (QED) is 0.441. The molecule has 0 aliphatic carbocycles. The minimum absolute atomic E-state index is 0.0785. The van der Waals surface area contributed by atoms with Crippen LogP contribution in [0.15, 0.2) is 54.3 Å². The van der Waals surface area contributed by atoms with Crippen molar-refractivity contribution in [2.24, 2.45) is 7.05 Å². The third-order valence-electron chi connectivity index (χ3n) is 4.60. The number of aryl methyl sites for hydroxylation is 1. The van der Waals surface area contributed by atoms with Gasteiger partial charge in [0.25, 0.3) is 11.8 Å². The van der Waals surface area contributed by atoms with Crippen molar-refractivity contribution in [3.05, 3.63) is 71.2 Å². The van der Waals surface area contributed by atoms with Gasteiger partial charge in [-0.25, -0.2) is 4.98 Å². The number of aliphatic hydroxyl groups is 1. The molecule has 1 N–H and O–H groups in total. The van der Waals surface area contributed by atoms with E-state index in [9.17, 15) is 20.0 Å². The molecule has 0 saturated carbocycles. The van der Waals surface area contributed by atoms with Crippen molar-refractivity contribution < 1.29 is 14.7 Å². The number of aliphatic hydroxyl groups excluding tert-OH is 1. The minimum Gasteiger partial charge on any atom is -0.509 e. The monoisotopic (exact) mass is 358 g/mol.